The number of ether oxygens (including phenoxy) is 1. The molecule has 1 N–H and O–H groups in total. The molecule has 0 unspecified atom stereocenters. The summed E-state index contributed by atoms with van der Waals surface area (Å²) in [5.41, 5.74) is 0.282. The van der Waals surface area contributed by atoms with Gasteiger partial charge in [0.1, 0.15) is 17.4 Å². The van der Waals surface area contributed by atoms with Crippen molar-refractivity contribution in [3.05, 3.63) is 57.6 Å². The Bertz CT molecular complexity index is 1390. The third kappa shape index (κ3) is 6.24. The van der Waals surface area contributed by atoms with E-state index < -0.39 is 37.6 Å². The van der Waals surface area contributed by atoms with E-state index in [4.69, 9.17) is 4.74 Å². The zero-order valence-electron chi connectivity index (χ0n) is 19.3. The summed E-state index contributed by atoms with van der Waals surface area (Å²) < 4.78 is 86.2. The molecule has 1 saturated heterocycles. The van der Waals surface area contributed by atoms with E-state index in [1.165, 1.54) is 22.5 Å². The molecule has 0 spiro atoms. The highest BCUT2D eigenvalue weighted by atomic mass is 79.9. The Kier molecular flexibility index (Phi) is 7.75. The fourth-order valence-corrected chi connectivity index (χ4v) is 6.29. The molecule has 2 aromatic carbocycles. The number of sulfonamides is 2. The number of amides is 1. The number of benzene rings is 2. The number of piperidine rings is 1. The Morgan fingerprint density at radius 3 is 2.31 bits per heavy atom. The quantitative estimate of drug-likeness (QED) is 0.490. The van der Waals surface area contributed by atoms with Gasteiger partial charge in [-0.2, -0.15) is 4.31 Å². The molecule has 8 nitrogen and oxygen atoms in total. The van der Waals surface area contributed by atoms with Crippen molar-refractivity contribution in [2.75, 3.05) is 26.0 Å². The summed E-state index contributed by atoms with van der Waals surface area (Å²) >= 11 is 3.02. The zero-order valence-corrected chi connectivity index (χ0v) is 22.6. The fraction of sp³-hybridized carbons (Fsp3) is 0.435. The summed E-state index contributed by atoms with van der Waals surface area (Å²) in [5.74, 6) is -2.17. The topological polar surface area (TPSA) is 110 Å². The largest absolute Gasteiger partial charge is 0.493 e. The maximum Gasteiger partial charge on any atom is 0.267 e. The lowest BCUT2D eigenvalue weighted by molar-refractivity contribution is 0.0977. The van der Waals surface area contributed by atoms with Crippen molar-refractivity contribution in [1.82, 2.24) is 9.03 Å². The second-order valence-corrected chi connectivity index (χ2v) is 13.6. The van der Waals surface area contributed by atoms with Gasteiger partial charge in [-0.1, -0.05) is 0 Å². The summed E-state index contributed by atoms with van der Waals surface area (Å²) in [5, 5.41) is 0. The molecular weight excluding hydrogens is 582 g/mol. The Hall–Kier alpha value is -2.09. The summed E-state index contributed by atoms with van der Waals surface area (Å²) in [4.78, 5) is 12.1. The lowest BCUT2D eigenvalue weighted by Gasteiger charge is -2.31. The number of rotatable bonds is 8. The number of halogens is 3. The van der Waals surface area contributed by atoms with Gasteiger partial charge in [-0.25, -0.2) is 30.3 Å². The van der Waals surface area contributed by atoms with Crippen LogP contribution in [0.5, 0.6) is 5.75 Å². The number of nitrogens with zero attached hydrogens (tertiary/aromatic N) is 1. The number of hydrogen-bond acceptors (Lipinski definition) is 6. The second-order valence-electron chi connectivity index (χ2n) is 9.08. The number of nitrogens with one attached hydrogen (secondary N) is 1. The monoisotopic (exact) mass is 606 g/mol. The highest BCUT2D eigenvalue weighted by molar-refractivity contribution is 9.10. The van der Waals surface area contributed by atoms with E-state index in [1.807, 2.05) is 0 Å². The van der Waals surface area contributed by atoms with Crippen LogP contribution in [0.25, 0.3) is 0 Å². The standard InChI is InChI=1S/C23H25BrF2N2O6S2/c1-35(30,31)27-23(29)18-11-17(15-2-3-15)22(12-20(18)25)34-13-14-6-8-28(9-7-14)36(32,33)16-4-5-19(24)21(26)10-16/h4-5,10-12,14-15H,2-3,6-9,13H2,1H3,(H,27,29). The smallest absolute Gasteiger partial charge is 0.267 e. The van der Waals surface area contributed by atoms with Crippen LogP contribution < -0.4 is 9.46 Å². The molecule has 0 radical (unpaired) electrons. The first-order valence-corrected chi connectivity index (χ1v) is 15.4. The predicted octanol–water partition coefficient (Wildman–Crippen LogP) is 3.77. The van der Waals surface area contributed by atoms with Gasteiger partial charge in [-0.05, 0) is 83.3 Å². The van der Waals surface area contributed by atoms with E-state index in [9.17, 15) is 30.4 Å². The molecule has 13 heteroatoms. The number of carbonyl (C=O) groups is 1. The van der Waals surface area contributed by atoms with Gasteiger partial charge in [-0.15, -0.1) is 0 Å². The molecule has 196 valence electrons. The minimum atomic E-state index is -3.84. The molecule has 1 amide bonds. The molecular formula is C23H25BrF2N2O6S2. The van der Waals surface area contributed by atoms with Crippen molar-refractivity contribution in [2.45, 2.75) is 36.5 Å². The van der Waals surface area contributed by atoms with Crippen molar-refractivity contribution < 1.29 is 35.1 Å². The summed E-state index contributed by atoms with van der Waals surface area (Å²) in [6, 6.07) is 6.14. The molecule has 36 heavy (non-hydrogen) atoms. The molecule has 0 aromatic heterocycles. The normalized spacial score (nSPS) is 17.7. The van der Waals surface area contributed by atoms with Crippen LogP contribution in [0.1, 0.15) is 47.5 Å². The van der Waals surface area contributed by atoms with Gasteiger partial charge in [0.05, 0.1) is 27.8 Å². The van der Waals surface area contributed by atoms with Gasteiger partial charge in [0.2, 0.25) is 20.0 Å². The molecule has 2 aromatic rings. The van der Waals surface area contributed by atoms with E-state index in [0.717, 1.165) is 31.2 Å². The Balaban J connectivity index is 1.40. The van der Waals surface area contributed by atoms with E-state index >= 15 is 0 Å². The van der Waals surface area contributed by atoms with Gasteiger partial charge in [0.15, 0.2) is 0 Å². The van der Waals surface area contributed by atoms with Crippen molar-refractivity contribution in [3.8, 4) is 5.75 Å². The lowest BCUT2D eigenvalue weighted by Crippen LogP contribution is -2.39. The van der Waals surface area contributed by atoms with Crippen LogP contribution >= 0.6 is 15.9 Å². The molecule has 1 heterocycles. The van der Waals surface area contributed by atoms with Crippen molar-refractivity contribution >= 4 is 41.9 Å². The Morgan fingerprint density at radius 2 is 1.72 bits per heavy atom. The van der Waals surface area contributed by atoms with Crippen LogP contribution in [0.4, 0.5) is 8.78 Å². The fourth-order valence-electron chi connectivity index (χ4n) is 4.12. The molecule has 1 saturated carbocycles. The van der Waals surface area contributed by atoms with Gasteiger partial charge in [0.25, 0.3) is 5.91 Å². The second kappa shape index (κ2) is 10.3. The summed E-state index contributed by atoms with van der Waals surface area (Å²) in [6.45, 7) is 0.708. The van der Waals surface area contributed by atoms with Gasteiger partial charge in [-0.3, -0.25) is 4.79 Å². The zero-order chi connectivity index (χ0) is 26.3. The van der Waals surface area contributed by atoms with Gasteiger partial charge >= 0.3 is 0 Å². The summed E-state index contributed by atoms with van der Waals surface area (Å²) in [7, 11) is -7.67. The highest BCUT2D eigenvalue weighted by Gasteiger charge is 2.32. The maximum absolute atomic E-state index is 14.7. The van der Waals surface area contributed by atoms with Crippen molar-refractivity contribution in [2.24, 2.45) is 5.92 Å². The van der Waals surface area contributed by atoms with Crippen LogP contribution in [0.15, 0.2) is 39.7 Å². The molecule has 2 fully saturated rings. The van der Waals surface area contributed by atoms with Crippen LogP contribution in [0.2, 0.25) is 0 Å². The molecule has 4 rings (SSSR count). The van der Waals surface area contributed by atoms with E-state index in [2.05, 4.69) is 15.9 Å². The van der Waals surface area contributed by atoms with Crippen molar-refractivity contribution in [3.63, 3.8) is 0 Å². The SMILES string of the molecule is CS(=O)(=O)NC(=O)c1cc(C2CC2)c(OCC2CCN(S(=O)(=O)c3ccc(Br)c(F)c3)CC2)cc1F. The highest BCUT2D eigenvalue weighted by Crippen LogP contribution is 2.45. The molecule has 1 aliphatic heterocycles. The van der Waals surface area contributed by atoms with Crippen LogP contribution in [0.3, 0.4) is 0 Å². The first-order chi connectivity index (χ1) is 16.8. The molecule has 0 atom stereocenters. The average molecular weight is 607 g/mol. The Morgan fingerprint density at radius 1 is 1.06 bits per heavy atom. The average Bonchev–Trinajstić information content (AvgIpc) is 3.64. The lowest BCUT2D eigenvalue weighted by atomic mass is 9.99. The summed E-state index contributed by atoms with van der Waals surface area (Å²) in [6.07, 6.45) is 3.53. The van der Waals surface area contributed by atoms with Crippen LogP contribution in [0, 0.1) is 17.6 Å². The minimum absolute atomic E-state index is 0.0152. The van der Waals surface area contributed by atoms with E-state index in [-0.39, 0.29) is 46.5 Å². The van der Waals surface area contributed by atoms with Gasteiger partial charge < -0.3 is 4.74 Å². The third-order valence-corrected chi connectivity index (χ3v) is 9.31. The number of hydrogen-bond donors (Lipinski definition) is 1. The van der Waals surface area contributed by atoms with Crippen molar-refractivity contribution in [1.29, 1.82) is 0 Å². The maximum atomic E-state index is 14.7. The van der Waals surface area contributed by atoms with Crippen LogP contribution in [-0.2, 0) is 20.0 Å². The Labute approximate surface area is 217 Å². The third-order valence-electron chi connectivity index (χ3n) is 6.22. The first-order valence-electron chi connectivity index (χ1n) is 11.3. The first kappa shape index (κ1) is 27.0. The minimum Gasteiger partial charge on any atom is -0.493 e. The number of carbonyl (C=O) groups excluding carboxylic acids is 1. The molecule has 0 bridgehead atoms. The van der Waals surface area contributed by atoms with Crippen LogP contribution in [-0.4, -0.2) is 53.0 Å². The van der Waals surface area contributed by atoms with Gasteiger partial charge in [0, 0.05) is 19.2 Å². The predicted molar refractivity (Wildman–Crippen MR) is 132 cm³/mol. The van der Waals surface area contributed by atoms with E-state index in [0.29, 0.717) is 24.2 Å². The molecule has 1 aliphatic carbocycles. The van der Waals surface area contributed by atoms with E-state index in [1.54, 1.807) is 4.72 Å². The molecule has 2 aliphatic rings.